The molecule has 2 aliphatic rings. The Balaban J connectivity index is 1.78. The number of ether oxygens (including phenoxy) is 1. The molecule has 33 heavy (non-hydrogen) atoms. The van der Waals surface area contributed by atoms with Crippen molar-refractivity contribution >= 4 is 29.1 Å². The van der Waals surface area contributed by atoms with Crippen molar-refractivity contribution in [3.8, 4) is 5.75 Å². The molecule has 3 nitrogen and oxygen atoms in total. The van der Waals surface area contributed by atoms with Gasteiger partial charge in [0, 0.05) is 16.1 Å². The van der Waals surface area contributed by atoms with E-state index in [0.717, 1.165) is 52.6 Å². The van der Waals surface area contributed by atoms with Crippen LogP contribution in [0.3, 0.4) is 0 Å². The van der Waals surface area contributed by atoms with Crippen LogP contribution in [0.2, 0.25) is 10.0 Å². The first-order valence-corrected chi connectivity index (χ1v) is 12.7. The summed E-state index contributed by atoms with van der Waals surface area (Å²) in [6.07, 6.45) is 3.53. The monoisotopic (exact) mass is 485 g/mol. The number of halogens is 2. The normalized spacial score (nSPS) is 29.5. The van der Waals surface area contributed by atoms with Crippen LogP contribution in [0.25, 0.3) is 0 Å². The van der Waals surface area contributed by atoms with Gasteiger partial charge in [-0.1, -0.05) is 53.6 Å². The molecule has 0 radical (unpaired) electrons. The number of carbonyl (C=O) groups excluding carboxylic acids is 1. The fourth-order valence-corrected chi connectivity index (χ4v) is 6.68. The maximum atomic E-state index is 13.2. The minimum absolute atomic E-state index is 0.133. The summed E-state index contributed by atoms with van der Waals surface area (Å²) in [5.74, 6) is 1.62. The van der Waals surface area contributed by atoms with Gasteiger partial charge in [0.2, 0.25) is 5.91 Å². The second-order valence-electron chi connectivity index (χ2n) is 9.62. The molecule has 176 valence electrons. The molecular weight excluding hydrogens is 453 g/mol. The van der Waals surface area contributed by atoms with Gasteiger partial charge in [-0.3, -0.25) is 4.79 Å². The number of carbonyl (C=O) groups is 1. The Morgan fingerprint density at radius 3 is 2.48 bits per heavy atom. The van der Waals surface area contributed by atoms with Crippen molar-refractivity contribution in [3.63, 3.8) is 0 Å². The molecule has 1 N–H and O–H groups in total. The van der Waals surface area contributed by atoms with E-state index in [0.29, 0.717) is 6.61 Å². The van der Waals surface area contributed by atoms with E-state index >= 15 is 0 Å². The van der Waals surface area contributed by atoms with Crippen LogP contribution < -0.4 is 10.1 Å². The Hall–Kier alpha value is -1.97. The summed E-state index contributed by atoms with van der Waals surface area (Å²) in [4.78, 5) is 13.2. The van der Waals surface area contributed by atoms with E-state index in [1.165, 1.54) is 5.56 Å². The number of fused-ring (bicyclic) bond motifs is 1. The average molecular weight is 486 g/mol. The van der Waals surface area contributed by atoms with Crippen LogP contribution in [0, 0.1) is 11.3 Å². The van der Waals surface area contributed by atoms with E-state index < -0.39 is 5.41 Å². The first-order valence-electron chi connectivity index (χ1n) is 11.9. The minimum Gasteiger partial charge on any atom is -0.494 e. The molecule has 1 aliphatic heterocycles. The lowest BCUT2D eigenvalue weighted by Gasteiger charge is -2.41. The predicted molar refractivity (Wildman–Crippen MR) is 136 cm³/mol. The van der Waals surface area contributed by atoms with Gasteiger partial charge in [0.05, 0.1) is 12.0 Å². The predicted octanol–water partition coefficient (Wildman–Crippen LogP) is 7.53. The Morgan fingerprint density at radius 1 is 1.12 bits per heavy atom. The van der Waals surface area contributed by atoms with Gasteiger partial charge in [0.1, 0.15) is 5.75 Å². The molecule has 2 fully saturated rings. The van der Waals surface area contributed by atoms with Gasteiger partial charge in [-0.2, -0.15) is 0 Å². The lowest BCUT2D eigenvalue weighted by atomic mass is 9.61. The molecular formula is C28H33Cl2NO2. The molecule has 0 bridgehead atoms. The van der Waals surface area contributed by atoms with Gasteiger partial charge >= 0.3 is 0 Å². The van der Waals surface area contributed by atoms with Gasteiger partial charge in [-0.25, -0.2) is 0 Å². The van der Waals surface area contributed by atoms with Gasteiger partial charge in [-0.05, 0) is 99.6 Å². The Kier molecular flexibility index (Phi) is 7.12. The molecule has 0 spiro atoms. The zero-order valence-electron chi connectivity index (χ0n) is 19.7. The van der Waals surface area contributed by atoms with Crippen LogP contribution in [-0.4, -0.2) is 18.6 Å². The number of amides is 1. The number of hydrogen-bond donors (Lipinski definition) is 1. The number of nitrogens with one attached hydrogen (secondary N) is 1. The van der Waals surface area contributed by atoms with Crippen molar-refractivity contribution in [2.45, 2.75) is 64.3 Å². The van der Waals surface area contributed by atoms with Gasteiger partial charge in [-0.15, -0.1) is 0 Å². The second kappa shape index (κ2) is 9.72. The Bertz CT molecular complexity index is 1030. The molecule has 0 aromatic heterocycles. The summed E-state index contributed by atoms with van der Waals surface area (Å²) in [7, 11) is 0. The van der Waals surface area contributed by atoms with Gasteiger partial charge in [0.25, 0.3) is 0 Å². The number of benzene rings is 2. The highest BCUT2D eigenvalue weighted by Gasteiger charge is 2.54. The minimum atomic E-state index is -0.514. The molecule has 1 saturated carbocycles. The van der Waals surface area contributed by atoms with Crippen molar-refractivity contribution in [2.24, 2.45) is 11.3 Å². The van der Waals surface area contributed by atoms with E-state index in [9.17, 15) is 4.79 Å². The van der Waals surface area contributed by atoms with E-state index in [2.05, 4.69) is 37.0 Å². The van der Waals surface area contributed by atoms with Crippen LogP contribution in [0.1, 0.15) is 69.4 Å². The Morgan fingerprint density at radius 2 is 1.85 bits per heavy atom. The van der Waals surface area contributed by atoms with Crippen LogP contribution in [0.5, 0.6) is 5.75 Å². The standard InChI is InChI=1S/C28H33Cl2NO2/c1-5-33-21-10-11-24(26(30)16-21)23-14-15-28(17(2)3)25(18(4)31-27(28)32)13-12-22(23)19-6-8-20(29)9-7-19/h6-11,16,18,22-23,25H,2,5,12-15H2,1,3-4H3,(H,31,32)/t18-,22+,23-,25+,28+/m1/s1. The highest BCUT2D eigenvalue weighted by atomic mass is 35.5. The topological polar surface area (TPSA) is 38.3 Å². The molecule has 4 rings (SSSR count). The third-order valence-corrected chi connectivity index (χ3v) is 8.45. The first kappa shape index (κ1) is 24.2. The van der Waals surface area contributed by atoms with Crippen LogP contribution >= 0.6 is 23.2 Å². The third-order valence-electron chi connectivity index (χ3n) is 7.87. The zero-order valence-corrected chi connectivity index (χ0v) is 21.2. The second-order valence-corrected chi connectivity index (χ2v) is 10.5. The van der Waals surface area contributed by atoms with Gasteiger partial charge in [0.15, 0.2) is 0 Å². The van der Waals surface area contributed by atoms with E-state index in [-0.39, 0.29) is 29.7 Å². The summed E-state index contributed by atoms with van der Waals surface area (Å²) in [6, 6.07) is 14.4. The molecule has 2 aromatic carbocycles. The van der Waals surface area contributed by atoms with E-state index in [4.69, 9.17) is 27.9 Å². The fraction of sp³-hybridized carbons (Fsp3) is 0.464. The van der Waals surface area contributed by atoms with Crippen molar-refractivity contribution in [2.75, 3.05) is 6.61 Å². The first-order chi connectivity index (χ1) is 15.8. The van der Waals surface area contributed by atoms with Crippen molar-refractivity contribution in [1.29, 1.82) is 0 Å². The Labute approximate surface area is 207 Å². The summed E-state index contributed by atoms with van der Waals surface area (Å²) >= 11 is 13.0. The lowest BCUT2D eigenvalue weighted by molar-refractivity contribution is -0.127. The van der Waals surface area contributed by atoms with Gasteiger partial charge < -0.3 is 10.1 Å². The summed E-state index contributed by atoms with van der Waals surface area (Å²) < 4.78 is 5.66. The molecule has 1 amide bonds. The number of hydrogen-bond acceptors (Lipinski definition) is 2. The summed E-state index contributed by atoms with van der Waals surface area (Å²) in [5.41, 5.74) is 2.83. The largest absolute Gasteiger partial charge is 0.494 e. The molecule has 5 atom stereocenters. The van der Waals surface area contributed by atoms with Crippen LogP contribution in [-0.2, 0) is 4.79 Å². The highest BCUT2D eigenvalue weighted by molar-refractivity contribution is 6.31. The third kappa shape index (κ3) is 4.42. The maximum absolute atomic E-state index is 13.2. The van der Waals surface area contributed by atoms with E-state index in [1.807, 2.05) is 38.1 Å². The van der Waals surface area contributed by atoms with Crippen molar-refractivity contribution in [3.05, 3.63) is 75.8 Å². The highest BCUT2D eigenvalue weighted by Crippen LogP contribution is 2.55. The smallest absolute Gasteiger partial charge is 0.230 e. The molecule has 2 aromatic rings. The van der Waals surface area contributed by atoms with Crippen LogP contribution in [0.15, 0.2) is 54.6 Å². The number of rotatable bonds is 5. The average Bonchev–Trinajstić information content (AvgIpc) is 2.99. The lowest BCUT2D eigenvalue weighted by Crippen LogP contribution is -2.38. The molecule has 1 saturated heterocycles. The van der Waals surface area contributed by atoms with Crippen molar-refractivity contribution < 1.29 is 9.53 Å². The molecule has 0 unspecified atom stereocenters. The zero-order chi connectivity index (χ0) is 23.8. The molecule has 1 heterocycles. The molecule has 1 aliphatic carbocycles. The summed E-state index contributed by atoms with van der Waals surface area (Å²) in [5, 5.41) is 4.68. The summed E-state index contributed by atoms with van der Waals surface area (Å²) in [6.45, 7) is 11.0. The van der Waals surface area contributed by atoms with Crippen molar-refractivity contribution in [1.82, 2.24) is 5.32 Å². The quantitative estimate of drug-likeness (QED) is 0.444. The SMILES string of the molecule is C=C(C)[C@@]12CC[C@@H](c3ccc(OCC)cc3Cl)[C@H](c3ccc(Cl)cc3)CC[C@H]1[C@@H](C)NC2=O. The van der Waals surface area contributed by atoms with E-state index in [1.54, 1.807) is 0 Å². The van der Waals surface area contributed by atoms with Crippen LogP contribution in [0.4, 0.5) is 0 Å². The molecule has 5 heteroatoms. The fourth-order valence-electron chi connectivity index (χ4n) is 6.24. The maximum Gasteiger partial charge on any atom is 0.230 e.